The number of rotatable bonds is 4. The molecule has 3 nitrogen and oxygen atoms in total. The van der Waals surface area contributed by atoms with Gasteiger partial charge >= 0.3 is 0 Å². The van der Waals surface area contributed by atoms with Crippen LogP contribution in [0, 0.1) is 6.92 Å². The highest BCUT2D eigenvalue weighted by Gasteiger charge is 2.18. The zero-order valence-corrected chi connectivity index (χ0v) is 11.8. The van der Waals surface area contributed by atoms with Crippen molar-refractivity contribution in [2.45, 2.75) is 46.2 Å². The molecule has 0 amide bonds. The van der Waals surface area contributed by atoms with E-state index in [1.165, 1.54) is 11.1 Å². The molecule has 0 fully saturated rings. The first-order valence-corrected chi connectivity index (χ1v) is 6.66. The molecule has 2 rings (SSSR count). The van der Waals surface area contributed by atoms with Crippen LogP contribution < -0.4 is 14.8 Å². The summed E-state index contributed by atoms with van der Waals surface area (Å²) in [5.74, 6) is 1.78. The number of ether oxygens (including phenoxy) is 2. The third kappa shape index (κ3) is 2.78. The Morgan fingerprint density at radius 3 is 2.67 bits per heavy atom. The quantitative estimate of drug-likeness (QED) is 0.889. The van der Waals surface area contributed by atoms with E-state index in [4.69, 9.17) is 9.47 Å². The number of hydrogen-bond donors (Lipinski definition) is 1. The molecule has 0 atom stereocenters. The molecule has 1 aliphatic rings. The van der Waals surface area contributed by atoms with Gasteiger partial charge in [-0.1, -0.05) is 13.0 Å². The molecular formula is C15H23NO2. The van der Waals surface area contributed by atoms with Crippen LogP contribution in [0.1, 0.15) is 38.3 Å². The molecule has 3 heteroatoms. The van der Waals surface area contributed by atoms with Gasteiger partial charge in [0.2, 0.25) is 0 Å². The molecule has 1 heterocycles. The van der Waals surface area contributed by atoms with Crippen molar-refractivity contribution in [1.29, 1.82) is 0 Å². The van der Waals surface area contributed by atoms with Gasteiger partial charge in [-0.05, 0) is 44.4 Å². The fourth-order valence-corrected chi connectivity index (χ4v) is 1.95. The van der Waals surface area contributed by atoms with Gasteiger partial charge in [0.1, 0.15) is 13.2 Å². The van der Waals surface area contributed by atoms with E-state index in [0.29, 0.717) is 13.2 Å². The number of nitrogens with one attached hydrogen (secondary N) is 1. The van der Waals surface area contributed by atoms with Crippen LogP contribution in [0.4, 0.5) is 0 Å². The van der Waals surface area contributed by atoms with Crippen molar-refractivity contribution >= 4 is 0 Å². The second-order valence-corrected chi connectivity index (χ2v) is 5.46. The minimum Gasteiger partial charge on any atom is -0.486 e. The van der Waals surface area contributed by atoms with Crippen LogP contribution in [0.25, 0.3) is 0 Å². The predicted molar refractivity (Wildman–Crippen MR) is 73.4 cm³/mol. The molecule has 100 valence electrons. The lowest BCUT2D eigenvalue weighted by Gasteiger charge is -2.26. The van der Waals surface area contributed by atoms with Gasteiger partial charge < -0.3 is 14.8 Å². The smallest absolute Gasteiger partial charge is 0.164 e. The first-order valence-electron chi connectivity index (χ1n) is 6.66. The van der Waals surface area contributed by atoms with Gasteiger partial charge in [-0.25, -0.2) is 0 Å². The molecule has 0 unspecified atom stereocenters. The van der Waals surface area contributed by atoms with Gasteiger partial charge in [-0.2, -0.15) is 0 Å². The van der Waals surface area contributed by atoms with Gasteiger partial charge in [0.05, 0.1) is 0 Å². The Kier molecular flexibility index (Phi) is 3.81. The van der Waals surface area contributed by atoms with Crippen LogP contribution in [0.3, 0.4) is 0 Å². The average Bonchev–Trinajstić information content (AvgIpc) is 2.38. The Hall–Kier alpha value is -1.22. The lowest BCUT2D eigenvalue weighted by atomic mass is 10.0. The minimum atomic E-state index is 0.166. The Balaban J connectivity index is 2.14. The van der Waals surface area contributed by atoms with E-state index >= 15 is 0 Å². The Labute approximate surface area is 109 Å². The standard InChI is InChI=1S/C15H23NO2/c1-5-15(3,4)16-10-12-6-7-13-14(11(12)2)18-9-8-17-13/h6-7,16H,5,8-10H2,1-4H3. The second-order valence-electron chi connectivity index (χ2n) is 5.46. The van der Waals surface area contributed by atoms with E-state index in [9.17, 15) is 0 Å². The summed E-state index contributed by atoms with van der Waals surface area (Å²) in [7, 11) is 0. The monoisotopic (exact) mass is 249 g/mol. The van der Waals surface area contributed by atoms with Crippen LogP contribution in [0.15, 0.2) is 12.1 Å². The molecule has 1 aliphatic heterocycles. The molecule has 0 bridgehead atoms. The summed E-state index contributed by atoms with van der Waals surface area (Å²) in [5, 5.41) is 3.58. The van der Waals surface area contributed by atoms with Crippen LogP contribution in [0.2, 0.25) is 0 Å². The van der Waals surface area contributed by atoms with Crippen LogP contribution >= 0.6 is 0 Å². The van der Waals surface area contributed by atoms with Crippen molar-refractivity contribution in [3.8, 4) is 11.5 Å². The zero-order chi connectivity index (χ0) is 13.2. The maximum Gasteiger partial charge on any atom is 0.164 e. The van der Waals surface area contributed by atoms with Crippen molar-refractivity contribution in [1.82, 2.24) is 5.32 Å². The molecule has 0 radical (unpaired) electrons. The number of hydrogen-bond acceptors (Lipinski definition) is 3. The average molecular weight is 249 g/mol. The van der Waals surface area contributed by atoms with E-state index in [1.54, 1.807) is 0 Å². The third-order valence-corrected chi connectivity index (χ3v) is 3.71. The summed E-state index contributed by atoms with van der Waals surface area (Å²) in [5.41, 5.74) is 2.63. The summed E-state index contributed by atoms with van der Waals surface area (Å²) < 4.78 is 11.3. The van der Waals surface area contributed by atoms with E-state index < -0.39 is 0 Å². The van der Waals surface area contributed by atoms with Crippen molar-refractivity contribution in [2.24, 2.45) is 0 Å². The normalized spacial score (nSPS) is 14.7. The van der Waals surface area contributed by atoms with Crippen LogP contribution in [0.5, 0.6) is 11.5 Å². The highest BCUT2D eigenvalue weighted by molar-refractivity contribution is 5.50. The summed E-state index contributed by atoms with van der Waals surface area (Å²) in [4.78, 5) is 0. The van der Waals surface area contributed by atoms with Crippen LogP contribution in [-0.2, 0) is 6.54 Å². The van der Waals surface area contributed by atoms with Gasteiger partial charge in [0.25, 0.3) is 0 Å². The summed E-state index contributed by atoms with van der Waals surface area (Å²) in [6.07, 6.45) is 1.11. The molecule has 0 aromatic heterocycles. The van der Waals surface area contributed by atoms with Crippen molar-refractivity contribution in [3.63, 3.8) is 0 Å². The van der Waals surface area contributed by atoms with E-state index in [-0.39, 0.29) is 5.54 Å². The highest BCUT2D eigenvalue weighted by atomic mass is 16.6. The van der Waals surface area contributed by atoms with Crippen molar-refractivity contribution < 1.29 is 9.47 Å². The number of fused-ring (bicyclic) bond motifs is 1. The third-order valence-electron chi connectivity index (χ3n) is 3.71. The highest BCUT2D eigenvalue weighted by Crippen LogP contribution is 2.35. The maximum absolute atomic E-state index is 5.70. The SMILES string of the molecule is CCC(C)(C)NCc1ccc2c(c1C)OCCO2. The molecule has 0 saturated carbocycles. The summed E-state index contributed by atoms with van der Waals surface area (Å²) >= 11 is 0. The van der Waals surface area contributed by atoms with E-state index in [0.717, 1.165) is 24.5 Å². The molecule has 0 aliphatic carbocycles. The van der Waals surface area contributed by atoms with Gasteiger partial charge in [-0.15, -0.1) is 0 Å². The topological polar surface area (TPSA) is 30.5 Å². The lowest BCUT2D eigenvalue weighted by molar-refractivity contribution is 0.170. The fraction of sp³-hybridized carbons (Fsp3) is 0.600. The molecular weight excluding hydrogens is 226 g/mol. The molecule has 0 spiro atoms. The Morgan fingerprint density at radius 1 is 1.22 bits per heavy atom. The predicted octanol–water partition coefficient (Wildman–Crippen LogP) is 3.04. The molecule has 1 aromatic carbocycles. The van der Waals surface area contributed by atoms with Crippen molar-refractivity contribution in [2.75, 3.05) is 13.2 Å². The molecule has 1 aromatic rings. The maximum atomic E-state index is 5.70. The van der Waals surface area contributed by atoms with Gasteiger partial charge in [-0.3, -0.25) is 0 Å². The van der Waals surface area contributed by atoms with E-state index in [2.05, 4.69) is 39.1 Å². The largest absolute Gasteiger partial charge is 0.486 e. The van der Waals surface area contributed by atoms with E-state index in [1.807, 2.05) is 6.07 Å². The van der Waals surface area contributed by atoms with Crippen molar-refractivity contribution in [3.05, 3.63) is 23.3 Å². The first-order chi connectivity index (χ1) is 8.53. The first kappa shape index (κ1) is 13.2. The van der Waals surface area contributed by atoms with Crippen LogP contribution in [-0.4, -0.2) is 18.8 Å². The molecule has 18 heavy (non-hydrogen) atoms. The summed E-state index contributed by atoms with van der Waals surface area (Å²) in [6.45, 7) is 10.9. The van der Waals surface area contributed by atoms with Gasteiger partial charge in [0.15, 0.2) is 11.5 Å². The minimum absolute atomic E-state index is 0.166. The Morgan fingerprint density at radius 2 is 1.94 bits per heavy atom. The summed E-state index contributed by atoms with van der Waals surface area (Å²) in [6, 6.07) is 4.14. The Bertz CT molecular complexity index is 427. The molecule has 1 N–H and O–H groups in total. The van der Waals surface area contributed by atoms with Gasteiger partial charge in [0, 0.05) is 12.1 Å². The second kappa shape index (κ2) is 5.19. The zero-order valence-electron chi connectivity index (χ0n) is 11.8. The molecule has 0 saturated heterocycles. The lowest BCUT2D eigenvalue weighted by Crippen LogP contribution is -2.38. The number of benzene rings is 1. The fourth-order valence-electron chi connectivity index (χ4n) is 1.95.